The number of hydrogen-bond donors (Lipinski definition) is 1. The van der Waals surface area contributed by atoms with E-state index >= 15 is 0 Å². The number of likely N-dealkylation sites (N-methyl/N-ethyl adjacent to an activating group) is 1. The van der Waals surface area contributed by atoms with Crippen molar-refractivity contribution >= 4 is 18.4 Å². The number of nitrogens with zero attached hydrogens (tertiary/aromatic N) is 1. The van der Waals surface area contributed by atoms with E-state index in [2.05, 4.69) is 30.9 Å². The second-order valence-electron chi connectivity index (χ2n) is 5.03. The molecule has 0 saturated heterocycles. The van der Waals surface area contributed by atoms with Crippen molar-refractivity contribution in [3.63, 3.8) is 0 Å². The van der Waals surface area contributed by atoms with Crippen LogP contribution in [-0.4, -0.2) is 42.2 Å². The smallest absolute Gasteiger partial charge is 0.303 e. The monoisotopic (exact) mass is 315 g/mol. The largest absolute Gasteiger partial charge is 0.497 e. The van der Waals surface area contributed by atoms with Gasteiger partial charge in [-0.3, -0.25) is 4.79 Å². The standard InChI is InChI=1S/C16H25NO3.ClH/c1-4-17(11-5-6-16(18)19)13(2)12-14-7-9-15(20-3)10-8-14;/h7-10,13H,4-6,11-12H2,1-3H3,(H,18,19);1H. The van der Waals surface area contributed by atoms with Gasteiger partial charge in [-0.15, -0.1) is 12.4 Å². The maximum absolute atomic E-state index is 10.6. The summed E-state index contributed by atoms with van der Waals surface area (Å²) in [5, 5.41) is 8.69. The van der Waals surface area contributed by atoms with Crippen molar-refractivity contribution in [1.29, 1.82) is 0 Å². The molecule has 1 atom stereocenters. The predicted molar refractivity (Wildman–Crippen MR) is 87.5 cm³/mol. The van der Waals surface area contributed by atoms with Gasteiger partial charge in [-0.05, 0) is 50.6 Å². The van der Waals surface area contributed by atoms with Gasteiger partial charge in [-0.25, -0.2) is 0 Å². The Labute approximate surface area is 133 Å². The normalized spacial score (nSPS) is 11.8. The number of benzene rings is 1. The Kier molecular flexibility index (Phi) is 9.84. The zero-order valence-electron chi connectivity index (χ0n) is 13.0. The van der Waals surface area contributed by atoms with Crippen LogP contribution in [0.5, 0.6) is 5.75 Å². The fourth-order valence-electron chi connectivity index (χ4n) is 2.36. The number of carboxylic acids is 1. The highest BCUT2D eigenvalue weighted by Gasteiger charge is 2.13. The minimum Gasteiger partial charge on any atom is -0.497 e. The lowest BCUT2D eigenvalue weighted by Gasteiger charge is -2.27. The molecule has 0 aliphatic rings. The lowest BCUT2D eigenvalue weighted by Crippen LogP contribution is -2.35. The van der Waals surface area contributed by atoms with E-state index in [1.165, 1.54) is 5.56 Å². The van der Waals surface area contributed by atoms with Crippen LogP contribution < -0.4 is 4.74 Å². The third kappa shape index (κ3) is 7.34. The minimum absolute atomic E-state index is 0. The van der Waals surface area contributed by atoms with E-state index in [0.717, 1.165) is 25.3 Å². The number of hydrogen-bond acceptors (Lipinski definition) is 3. The van der Waals surface area contributed by atoms with E-state index < -0.39 is 5.97 Å². The molecule has 1 N–H and O–H groups in total. The molecule has 0 heterocycles. The molecule has 1 aromatic rings. The number of methoxy groups -OCH3 is 1. The minimum atomic E-state index is -0.719. The Bertz CT molecular complexity index is 408. The summed E-state index contributed by atoms with van der Waals surface area (Å²) in [4.78, 5) is 12.9. The number of rotatable bonds is 9. The van der Waals surface area contributed by atoms with Crippen LogP contribution in [0.25, 0.3) is 0 Å². The van der Waals surface area contributed by atoms with Crippen LogP contribution >= 0.6 is 12.4 Å². The molecular formula is C16H26ClNO3. The van der Waals surface area contributed by atoms with Gasteiger partial charge in [0, 0.05) is 12.5 Å². The van der Waals surface area contributed by atoms with Gasteiger partial charge in [-0.2, -0.15) is 0 Å². The second-order valence-corrected chi connectivity index (χ2v) is 5.03. The van der Waals surface area contributed by atoms with Crippen LogP contribution in [0.1, 0.15) is 32.3 Å². The molecule has 120 valence electrons. The highest BCUT2D eigenvalue weighted by atomic mass is 35.5. The van der Waals surface area contributed by atoms with Crippen molar-refractivity contribution in [3.05, 3.63) is 29.8 Å². The molecule has 0 bridgehead atoms. The second kappa shape index (κ2) is 10.5. The molecule has 0 amide bonds. The van der Waals surface area contributed by atoms with E-state index in [4.69, 9.17) is 9.84 Å². The number of carbonyl (C=O) groups is 1. The number of halogens is 1. The van der Waals surface area contributed by atoms with Crippen LogP contribution in [0.15, 0.2) is 24.3 Å². The number of carboxylic acid groups (broad SMARTS) is 1. The third-order valence-electron chi connectivity index (χ3n) is 3.56. The molecule has 0 fully saturated rings. The van der Waals surface area contributed by atoms with E-state index in [9.17, 15) is 4.79 Å². The lowest BCUT2D eigenvalue weighted by atomic mass is 10.1. The summed E-state index contributed by atoms with van der Waals surface area (Å²) in [6.07, 6.45) is 1.91. The quantitative estimate of drug-likeness (QED) is 0.760. The Balaban J connectivity index is 0.00000400. The van der Waals surface area contributed by atoms with Gasteiger partial charge in [0.1, 0.15) is 5.75 Å². The van der Waals surface area contributed by atoms with Gasteiger partial charge in [0.15, 0.2) is 0 Å². The van der Waals surface area contributed by atoms with Gasteiger partial charge in [0.25, 0.3) is 0 Å². The van der Waals surface area contributed by atoms with E-state index in [1.54, 1.807) is 7.11 Å². The van der Waals surface area contributed by atoms with Crippen LogP contribution in [-0.2, 0) is 11.2 Å². The molecule has 0 saturated carbocycles. The molecule has 0 aromatic heterocycles. The first-order chi connectivity index (χ1) is 9.56. The van der Waals surface area contributed by atoms with Gasteiger partial charge >= 0.3 is 5.97 Å². The number of ether oxygens (including phenoxy) is 1. The first-order valence-corrected chi connectivity index (χ1v) is 7.15. The third-order valence-corrected chi connectivity index (χ3v) is 3.56. The van der Waals surface area contributed by atoms with Crippen molar-refractivity contribution in [2.24, 2.45) is 0 Å². The molecule has 0 aliphatic carbocycles. The Morgan fingerprint density at radius 3 is 2.43 bits per heavy atom. The molecule has 1 rings (SSSR count). The van der Waals surface area contributed by atoms with E-state index in [1.807, 2.05) is 12.1 Å². The molecule has 1 aromatic carbocycles. The zero-order chi connectivity index (χ0) is 15.0. The van der Waals surface area contributed by atoms with Gasteiger partial charge in [-0.1, -0.05) is 19.1 Å². The van der Waals surface area contributed by atoms with Gasteiger partial charge in [0.2, 0.25) is 0 Å². The van der Waals surface area contributed by atoms with Crippen molar-refractivity contribution in [1.82, 2.24) is 4.90 Å². The highest BCUT2D eigenvalue weighted by Crippen LogP contribution is 2.14. The molecule has 0 radical (unpaired) electrons. The fraction of sp³-hybridized carbons (Fsp3) is 0.562. The lowest BCUT2D eigenvalue weighted by molar-refractivity contribution is -0.137. The molecule has 5 heteroatoms. The first kappa shape index (κ1) is 19.7. The molecule has 4 nitrogen and oxygen atoms in total. The van der Waals surface area contributed by atoms with Crippen LogP contribution in [0.2, 0.25) is 0 Å². The first-order valence-electron chi connectivity index (χ1n) is 7.15. The van der Waals surface area contributed by atoms with Crippen molar-refractivity contribution in [3.8, 4) is 5.75 Å². The zero-order valence-corrected chi connectivity index (χ0v) is 13.9. The van der Waals surface area contributed by atoms with Gasteiger partial charge < -0.3 is 14.7 Å². The SMILES string of the molecule is CCN(CCCC(=O)O)C(C)Cc1ccc(OC)cc1.Cl. The van der Waals surface area contributed by atoms with Crippen molar-refractivity contribution in [2.45, 2.75) is 39.2 Å². The summed E-state index contributed by atoms with van der Waals surface area (Å²) in [7, 11) is 1.67. The van der Waals surface area contributed by atoms with E-state index in [-0.39, 0.29) is 18.8 Å². The fourth-order valence-corrected chi connectivity index (χ4v) is 2.36. The topological polar surface area (TPSA) is 49.8 Å². The maximum Gasteiger partial charge on any atom is 0.303 e. The molecule has 1 unspecified atom stereocenters. The predicted octanol–water partition coefficient (Wildman–Crippen LogP) is 3.23. The average molecular weight is 316 g/mol. The summed E-state index contributed by atoms with van der Waals surface area (Å²) in [5.41, 5.74) is 1.27. The average Bonchev–Trinajstić information content (AvgIpc) is 2.44. The van der Waals surface area contributed by atoms with Crippen LogP contribution in [0.3, 0.4) is 0 Å². The number of aliphatic carboxylic acids is 1. The van der Waals surface area contributed by atoms with E-state index in [0.29, 0.717) is 12.5 Å². The maximum atomic E-state index is 10.6. The summed E-state index contributed by atoms with van der Waals surface area (Å²) < 4.78 is 5.15. The molecule has 21 heavy (non-hydrogen) atoms. The van der Waals surface area contributed by atoms with Crippen LogP contribution in [0, 0.1) is 0 Å². The van der Waals surface area contributed by atoms with Crippen molar-refractivity contribution < 1.29 is 14.6 Å². The van der Waals surface area contributed by atoms with Crippen LogP contribution in [0.4, 0.5) is 0 Å². The Hall–Kier alpha value is -1.26. The summed E-state index contributed by atoms with van der Waals surface area (Å²) in [6, 6.07) is 8.52. The summed E-state index contributed by atoms with van der Waals surface area (Å²) >= 11 is 0. The Morgan fingerprint density at radius 1 is 1.33 bits per heavy atom. The summed E-state index contributed by atoms with van der Waals surface area (Å²) in [6.45, 7) is 6.08. The molecule has 0 spiro atoms. The van der Waals surface area contributed by atoms with Gasteiger partial charge in [0.05, 0.1) is 7.11 Å². The highest BCUT2D eigenvalue weighted by molar-refractivity contribution is 5.85. The molecular weight excluding hydrogens is 290 g/mol. The Morgan fingerprint density at radius 2 is 1.95 bits per heavy atom. The van der Waals surface area contributed by atoms with Crippen molar-refractivity contribution in [2.75, 3.05) is 20.2 Å². The summed E-state index contributed by atoms with van der Waals surface area (Å²) in [5.74, 6) is 0.152. The molecule has 0 aliphatic heterocycles.